The summed E-state index contributed by atoms with van der Waals surface area (Å²) in [5.74, 6) is 0.884. The van der Waals surface area contributed by atoms with Crippen LogP contribution in [0.3, 0.4) is 0 Å². The van der Waals surface area contributed by atoms with Crippen LogP contribution in [0.2, 0.25) is 0 Å². The van der Waals surface area contributed by atoms with Gasteiger partial charge in [-0.15, -0.1) is 21.5 Å². The number of fused-ring (bicyclic) bond motifs is 1. The minimum atomic E-state index is 0.508. The molecule has 0 aromatic carbocycles. The summed E-state index contributed by atoms with van der Waals surface area (Å²) in [7, 11) is 0. The Morgan fingerprint density at radius 3 is 2.80 bits per heavy atom. The van der Waals surface area contributed by atoms with Crippen molar-refractivity contribution < 1.29 is 0 Å². The summed E-state index contributed by atoms with van der Waals surface area (Å²) in [6.07, 6.45) is 2.38. The van der Waals surface area contributed by atoms with E-state index in [1.165, 1.54) is 21.8 Å². The second-order valence-electron chi connectivity index (χ2n) is 4.40. The smallest absolute Gasteiger partial charge is 0.203 e. The van der Waals surface area contributed by atoms with Crippen LogP contribution in [0.5, 0.6) is 0 Å². The van der Waals surface area contributed by atoms with Gasteiger partial charge in [0.1, 0.15) is 22.0 Å². The predicted molar refractivity (Wildman–Crippen MR) is 83.4 cm³/mol. The van der Waals surface area contributed by atoms with Gasteiger partial charge in [0.05, 0.1) is 5.39 Å². The summed E-state index contributed by atoms with van der Waals surface area (Å²) in [6.45, 7) is 4.96. The molecule has 104 valence electrons. The molecule has 3 aromatic heterocycles. The van der Waals surface area contributed by atoms with E-state index < -0.39 is 0 Å². The van der Waals surface area contributed by atoms with Gasteiger partial charge in [0.25, 0.3) is 0 Å². The summed E-state index contributed by atoms with van der Waals surface area (Å²) in [5, 5.41) is 13.7. The number of aryl methyl sites for hydroxylation is 2. The van der Waals surface area contributed by atoms with Gasteiger partial charge in [0, 0.05) is 17.8 Å². The van der Waals surface area contributed by atoms with E-state index in [0.29, 0.717) is 5.13 Å². The van der Waals surface area contributed by atoms with E-state index in [9.17, 15) is 0 Å². The average Bonchev–Trinajstić information content (AvgIpc) is 2.95. The molecule has 3 heterocycles. The second-order valence-corrected chi connectivity index (χ2v) is 6.69. The van der Waals surface area contributed by atoms with E-state index in [0.717, 1.165) is 34.0 Å². The molecule has 0 aliphatic rings. The highest BCUT2D eigenvalue weighted by Crippen LogP contribution is 2.32. The van der Waals surface area contributed by atoms with Crippen molar-refractivity contribution in [2.75, 3.05) is 17.6 Å². The lowest BCUT2D eigenvalue weighted by Gasteiger charge is -2.05. The quantitative estimate of drug-likeness (QED) is 0.769. The number of nitrogens with zero attached hydrogens (tertiary/aromatic N) is 4. The van der Waals surface area contributed by atoms with Crippen LogP contribution in [0.15, 0.2) is 6.33 Å². The Bertz CT molecular complexity index is 748. The number of aromatic nitrogens is 4. The molecular formula is C12H14N6S2. The largest absolute Gasteiger partial charge is 0.374 e. The highest BCUT2D eigenvalue weighted by Gasteiger charge is 2.11. The number of thiophene rings is 1. The van der Waals surface area contributed by atoms with Crippen LogP contribution in [0.25, 0.3) is 10.2 Å². The van der Waals surface area contributed by atoms with Crippen LogP contribution in [-0.4, -0.2) is 26.7 Å². The number of hydrogen-bond donors (Lipinski definition) is 2. The monoisotopic (exact) mass is 306 g/mol. The number of hydrogen-bond acceptors (Lipinski definition) is 8. The van der Waals surface area contributed by atoms with Gasteiger partial charge in [-0.05, 0) is 19.4 Å². The molecule has 6 nitrogen and oxygen atoms in total. The van der Waals surface area contributed by atoms with E-state index in [2.05, 4.69) is 39.3 Å². The number of nitrogens with two attached hydrogens (primary N) is 1. The first kappa shape index (κ1) is 13.2. The maximum absolute atomic E-state index is 5.56. The van der Waals surface area contributed by atoms with Gasteiger partial charge in [0.15, 0.2) is 0 Å². The third kappa shape index (κ3) is 2.44. The van der Waals surface area contributed by atoms with E-state index >= 15 is 0 Å². The van der Waals surface area contributed by atoms with Crippen molar-refractivity contribution in [2.24, 2.45) is 0 Å². The zero-order valence-corrected chi connectivity index (χ0v) is 12.8. The molecule has 0 spiro atoms. The maximum atomic E-state index is 5.56. The standard InChI is InChI=1S/C12H14N6S2/c1-6-7(2)19-11-9(6)10(15-5-16-11)14-4-3-8-17-18-12(13)20-8/h5H,3-4H2,1-2H3,(H2,13,18)(H,14,15,16). The summed E-state index contributed by atoms with van der Waals surface area (Å²) in [6, 6.07) is 0. The van der Waals surface area contributed by atoms with Crippen LogP contribution in [0.1, 0.15) is 15.4 Å². The molecule has 3 rings (SSSR count). The fourth-order valence-corrected chi connectivity index (χ4v) is 3.58. The Hall–Kier alpha value is -1.80. The van der Waals surface area contributed by atoms with Crippen molar-refractivity contribution >= 4 is 43.8 Å². The Morgan fingerprint density at radius 1 is 1.20 bits per heavy atom. The van der Waals surface area contributed by atoms with Crippen LogP contribution >= 0.6 is 22.7 Å². The molecule has 0 aliphatic heterocycles. The van der Waals surface area contributed by atoms with Crippen LogP contribution in [0, 0.1) is 13.8 Å². The summed E-state index contributed by atoms with van der Waals surface area (Å²) in [4.78, 5) is 11.0. The topological polar surface area (TPSA) is 89.6 Å². The number of anilines is 2. The first-order valence-corrected chi connectivity index (χ1v) is 7.81. The van der Waals surface area contributed by atoms with Crippen LogP contribution < -0.4 is 11.1 Å². The van der Waals surface area contributed by atoms with Gasteiger partial charge in [-0.2, -0.15) is 0 Å². The predicted octanol–water partition coefficient (Wildman–Crippen LogP) is 2.40. The number of rotatable bonds is 4. The minimum Gasteiger partial charge on any atom is -0.374 e. The zero-order valence-electron chi connectivity index (χ0n) is 11.2. The van der Waals surface area contributed by atoms with Crippen molar-refractivity contribution in [3.8, 4) is 0 Å². The normalized spacial score (nSPS) is 11.1. The van der Waals surface area contributed by atoms with E-state index in [-0.39, 0.29) is 0 Å². The van der Waals surface area contributed by atoms with Gasteiger partial charge >= 0.3 is 0 Å². The molecule has 0 unspecified atom stereocenters. The van der Waals surface area contributed by atoms with Crippen LogP contribution in [0.4, 0.5) is 10.9 Å². The van der Waals surface area contributed by atoms with Gasteiger partial charge in [-0.3, -0.25) is 0 Å². The molecular weight excluding hydrogens is 292 g/mol. The molecule has 3 N–H and O–H groups in total. The lowest BCUT2D eigenvalue weighted by atomic mass is 10.2. The highest BCUT2D eigenvalue weighted by molar-refractivity contribution is 7.18. The molecule has 0 saturated carbocycles. The Labute approximate surface area is 124 Å². The first-order valence-electron chi connectivity index (χ1n) is 6.17. The van der Waals surface area contributed by atoms with E-state index in [4.69, 9.17) is 5.73 Å². The summed E-state index contributed by atoms with van der Waals surface area (Å²) in [5.41, 5.74) is 6.81. The molecule has 0 radical (unpaired) electrons. The molecule has 0 aliphatic carbocycles. The minimum absolute atomic E-state index is 0.508. The first-order chi connectivity index (χ1) is 9.65. The second kappa shape index (κ2) is 5.29. The Morgan fingerprint density at radius 2 is 2.05 bits per heavy atom. The molecule has 0 fully saturated rings. The molecule has 0 amide bonds. The van der Waals surface area contributed by atoms with Crippen molar-refractivity contribution in [3.05, 3.63) is 21.8 Å². The maximum Gasteiger partial charge on any atom is 0.203 e. The van der Waals surface area contributed by atoms with Gasteiger partial charge < -0.3 is 11.1 Å². The molecule has 0 bridgehead atoms. The number of nitrogens with one attached hydrogen (secondary N) is 1. The third-order valence-corrected chi connectivity index (χ3v) is 5.01. The van der Waals surface area contributed by atoms with Crippen molar-refractivity contribution in [3.63, 3.8) is 0 Å². The SMILES string of the molecule is Cc1sc2ncnc(NCCc3nnc(N)s3)c2c1C. The molecule has 0 atom stereocenters. The Kier molecular flexibility index (Phi) is 3.49. The van der Waals surface area contributed by atoms with Gasteiger partial charge in [-0.1, -0.05) is 11.3 Å². The van der Waals surface area contributed by atoms with E-state index in [1.807, 2.05) is 0 Å². The van der Waals surface area contributed by atoms with Crippen molar-refractivity contribution in [1.82, 2.24) is 20.2 Å². The Balaban J connectivity index is 1.77. The summed E-state index contributed by atoms with van der Waals surface area (Å²) < 4.78 is 0. The molecule has 8 heteroatoms. The average molecular weight is 306 g/mol. The third-order valence-electron chi connectivity index (χ3n) is 3.08. The fourth-order valence-electron chi connectivity index (χ4n) is 1.97. The van der Waals surface area contributed by atoms with Crippen molar-refractivity contribution in [1.29, 1.82) is 0 Å². The summed E-state index contributed by atoms with van der Waals surface area (Å²) >= 11 is 3.12. The lowest BCUT2D eigenvalue weighted by molar-refractivity contribution is 0.938. The molecule has 20 heavy (non-hydrogen) atoms. The van der Waals surface area contributed by atoms with Crippen molar-refractivity contribution in [2.45, 2.75) is 20.3 Å². The molecule has 3 aromatic rings. The van der Waals surface area contributed by atoms with Crippen LogP contribution in [-0.2, 0) is 6.42 Å². The molecule has 0 saturated heterocycles. The van der Waals surface area contributed by atoms with Gasteiger partial charge in [0.2, 0.25) is 5.13 Å². The van der Waals surface area contributed by atoms with E-state index in [1.54, 1.807) is 17.7 Å². The number of nitrogen functional groups attached to an aromatic ring is 1. The highest BCUT2D eigenvalue weighted by atomic mass is 32.1. The fraction of sp³-hybridized carbons (Fsp3) is 0.333. The zero-order chi connectivity index (χ0) is 14.1. The van der Waals surface area contributed by atoms with Gasteiger partial charge in [-0.25, -0.2) is 9.97 Å². The lowest BCUT2D eigenvalue weighted by Crippen LogP contribution is -2.07.